The summed E-state index contributed by atoms with van der Waals surface area (Å²) in [4.78, 5) is 0.542. The molecule has 4 nitrogen and oxygen atoms in total. The highest BCUT2D eigenvalue weighted by Gasteiger charge is 2.12. The van der Waals surface area contributed by atoms with E-state index in [4.69, 9.17) is 0 Å². The van der Waals surface area contributed by atoms with Crippen molar-refractivity contribution < 1.29 is 4.39 Å². The number of hydrogen-bond donors (Lipinski definition) is 1. The van der Waals surface area contributed by atoms with Crippen LogP contribution >= 0.6 is 11.8 Å². The molecule has 1 atom stereocenters. The first kappa shape index (κ1) is 14.0. The number of aromatic nitrogens is 3. The molecule has 3 rings (SSSR count). The number of benzene rings is 1. The summed E-state index contributed by atoms with van der Waals surface area (Å²) in [5.74, 6) is -0.243. The van der Waals surface area contributed by atoms with Crippen LogP contribution in [0, 0.1) is 5.82 Å². The lowest BCUT2D eigenvalue weighted by atomic mass is 10.1. The van der Waals surface area contributed by atoms with Crippen molar-refractivity contribution in [1.29, 1.82) is 0 Å². The van der Waals surface area contributed by atoms with Crippen LogP contribution in [0.5, 0.6) is 0 Å². The van der Waals surface area contributed by atoms with Gasteiger partial charge in [0.2, 0.25) is 5.16 Å². The number of rotatable bonds is 4. The fraction of sp³-hybridized carbons (Fsp3) is 0.200. The molecule has 2 aromatic heterocycles. The van der Waals surface area contributed by atoms with Crippen molar-refractivity contribution in [3.8, 4) is 0 Å². The number of nitrogens with zero attached hydrogens (tertiary/aromatic N) is 3. The molecular weight excluding hydrogens is 287 g/mol. The smallest absolute Gasteiger partial charge is 0.200 e. The van der Waals surface area contributed by atoms with E-state index >= 15 is 0 Å². The minimum Gasteiger partial charge on any atom is -0.313 e. The Hall–Kier alpha value is -1.92. The average molecular weight is 302 g/mol. The number of fused-ring (bicyclic) bond motifs is 1. The normalized spacial score (nSPS) is 12.7. The minimum atomic E-state index is -0.243. The van der Waals surface area contributed by atoms with Gasteiger partial charge >= 0.3 is 0 Å². The molecule has 0 aliphatic carbocycles. The molecule has 2 heterocycles. The van der Waals surface area contributed by atoms with Crippen LogP contribution in [-0.2, 0) is 0 Å². The van der Waals surface area contributed by atoms with Gasteiger partial charge in [0.15, 0.2) is 5.65 Å². The van der Waals surface area contributed by atoms with Crippen LogP contribution in [0.4, 0.5) is 4.39 Å². The number of pyridine rings is 1. The zero-order valence-corrected chi connectivity index (χ0v) is 12.6. The molecule has 0 saturated carbocycles. The first-order chi connectivity index (χ1) is 10.2. The first-order valence-electron chi connectivity index (χ1n) is 6.63. The lowest BCUT2D eigenvalue weighted by Crippen LogP contribution is -2.12. The fourth-order valence-corrected chi connectivity index (χ4v) is 2.85. The zero-order valence-electron chi connectivity index (χ0n) is 11.7. The van der Waals surface area contributed by atoms with Crippen molar-refractivity contribution in [2.45, 2.75) is 23.0 Å². The second-order valence-electron chi connectivity index (χ2n) is 4.71. The van der Waals surface area contributed by atoms with Crippen molar-refractivity contribution in [2.75, 3.05) is 7.05 Å². The maximum atomic E-state index is 14.2. The number of hydrogen-bond acceptors (Lipinski definition) is 4. The van der Waals surface area contributed by atoms with Crippen LogP contribution in [0.1, 0.15) is 18.5 Å². The van der Waals surface area contributed by atoms with Gasteiger partial charge in [0, 0.05) is 12.2 Å². The molecule has 0 aliphatic heterocycles. The molecule has 108 valence electrons. The summed E-state index contributed by atoms with van der Waals surface area (Å²) in [5, 5.41) is 11.9. The van der Waals surface area contributed by atoms with E-state index in [1.807, 2.05) is 48.8 Å². The van der Waals surface area contributed by atoms with E-state index in [1.54, 1.807) is 12.1 Å². The van der Waals surface area contributed by atoms with Crippen LogP contribution in [0.3, 0.4) is 0 Å². The van der Waals surface area contributed by atoms with Crippen molar-refractivity contribution in [3.63, 3.8) is 0 Å². The molecule has 0 amide bonds. The molecule has 0 saturated heterocycles. The first-order valence-corrected chi connectivity index (χ1v) is 7.45. The third-order valence-electron chi connectivity index (χ3n) is 3.37. The molecule has 3 aromatic rings. The Morgan fingerprint density at radius 3 is 2.86 bits per heavy atom. The molecule has 1 N–H and O–H groups in total. The van der Waals surface area contributed by atoms with Gasteiger partial charge in [0.25, 0.3) is 0 Å². The topological polar surface area (TPSA) is 42.2 Å². The molecule has 0 aliphatic rings. The largest absolute Gasteiger partial charge is 0.313 e. The maximum absolute atomic E-state index is 14.2. The summed E-state index contributed by atoms with van der Waals surface area (Å²) in [5.41, 5.74) is 1.67. The van der Waals surface area contributed by atoms with Gasteiger partial charge in [-0.15, -0.1) is 10.2 Å². The van der Waals surface area contributed by atoms with Gasteiger partial charge in [-0.25, -0.2) is 4.39 Å². The van der Waals surface area contributed by atoms with E-state index in [1.165, 1.54) is 11.8 Å². The fourth-order valence-electron chi connectivity index (χ4n) is 2.02. The van der Waals surface area contributed by atoms with Crippen LogP contribution in [-0.4, -0.2) is 21.6 Å². The van der Waals surface area contributed by atoms with Gasteiger partial charge in [-0.3, -0.25) is 4.40 Å². The van der Waals surface area contributed by atoms with E-state index in [0.717, 1.165) is 11.2 Å². The van der Waals surface area contributed by atoms with Crippen LogP contribution < -0.4 is 5.32 Å². The van der Waals surface area contributed by atoms with Gasteiger partial charge in [0.1, 0.15) is 5.82 Å². The van der Waals surface area contributed by atoms with Gasteiger partial charge in [0.05, 0.1) is 4.90 Å². The molecule has 1 unspecified atom stereocenters. The molecule has 0 radical (unpaired) electrons. The monoisotopic (exact) mass is 302 g/mol. The molecule has 1 aromatic carbocycles. The van der Waals surface area contributed by atoms with Crippen molar-refractivity contribution >= 4 is 17.4 Å². The van der Waals surface area contributed by atoms with Crippen molar-refractivity contribution in [1.82, 2.24) is 19.9 Å². The molecule has 6 heteroatoms. The summed E-state index contributed by atoms with van der Waals surface area (Å²) in [7, 11) is 1.85. The van der Waals surface area contributed by atoms with Gasteiger partial charge in [-0.2, -0.15) is 0 Å². The van der Waals surface area contributed by atoms with Gasteiger partial charge in [-0.1, -0.05) is 12.1 Å². The standard InChI is InChI=1S/C15H15FN4S/c1-10(17-2)11-6-7-13(12(16)9-11)21-15-19-18-14-5-3-4-8-20(14)15/h3-10,17H,1-2H3. The Kier molecular flexibility index (Phi) is 3.90. The summed E-state index contributed by atoms with van der Waals surface area (Å²) >= 11 is 1.27. The maximum Gasteiger partial charge on any atom is 0.200 e. The summed E-state index contributed by atoms with van der Waals surface area (Å²) in [6.45, 7) is 1.99. The van der Waals surface area contributed by atoms with E-state index in [2.05, 4.69) is 15.5 Å². The number of halogens is 1. The Labute approximate surface area is 126 Å². The van der Waals surface area contributed by atoms with E-state index in [9.17, 15) is 4.39 Å². The zero-order chi connectivity index (χ0) is 14.8. The quantitative estimate of drug-likeness (QED) is 0.803. The summed E-state index contributed by atoms with van der Waals surface area (Å²) < 4.78 is 16.1. The predicted octanol–water partition coefficient (Wildman–Crippen LogP) is 3.30. The van der Waals surface area contributed by atoms with E-state index in [0.29, 0.717) is 10.1 Å². The van der Waals surface area contributed by atoms with Crippen molar-refractivity contribution in [2.24, 2.45) is 0 Å². The Morgan fingerprint density at radius 1 is 1.24 bits per heavy atom. The minimum absolute atomic E-state index is 0.118. The Balaban J connectivity index is 1.91. The molecular formula is C15H15FN4S. The third kappa shape index (κ3) is 2.77. The highest BCUT2D eigenvalue weighted by atomic mass is 32.2. The highest BCUT2D eigenvalue weighted by Crippen LogP contribution is 2.30. The SMILES string of the molecule is CNC(C)c1ccc(Sc2nnc3ccccn23)c(F)c1. The molecule has 0 fully saturated rings. The summed E-state index contributed by atoms with van der Waals surface area (Å²) in [6.07, 6.45) is 1.87. The van der Waals surface area contributed by atoms with Crippen molar-refractivity contribution in [3.05, 3.63) is 54.0 Å². The van der Waals surface area contributed by atoms with Crippen LogP contribution in [0.25, 0.3) is 5.65 Å². The second kappa shape index (κ2) is 5.83. The lowest BCUT2D eigenvalue weighted by molar-refractivity contribution is 0.587. The Morgan fingerprint density at radius 2 is 2.10 bits per heavy atom. The van der Waals surface area contributed by atoms with Gasteiger partial charge in [-0.05, 0) is 55.6 Å². The second-order valence-corrected chi connectivity index (χ2v) is 5.72. The highest BCUT2D eigenvalue weighted by molar-refractivity contribution is 7.99. The Bertz CT molecular complexity index is 771. The molecule has 21 heavy (non-hydrogen) atoms. The molecule has 0 spiro atoms. The lowest BCUT2D eigenvalue weighted by Gasteiger charge is -2.11. The average Bonchev–Trinajstić information content (AvgIpc) is 2.92. The molecule has 0 bridgehead atoms. The van der Waals surface area contributed by atoms with Gasteiger partial charge < -0.3 is 5.32 Å². The number of nitrogens with one attached hydrogen (secondary N) is 1. The van der Waals surface area contributed by atoms with E-state index in [-0.39, 0.29) is 11.9 Å². The summed E-state index contributed by atoms with van der Waals surface area (Å²) in [6, 6.07) is 11.1. The third-order valence-corrected chi connectivity index (χ3v) is 4.38. The van der Waals surface area contributed by atoms with Crippen LogP contribution in [0.2, 0.25) is 0 Å². The predicted molar refractivity (Wildman–Crippen MR) is 81.0 cm³/mol. The van der Waals surface area contributed by atoms with E-state index < -0.39 is 0 Å². The van der Waals surface area contributed by atoms with Crippen LogP contribution in [0.15, 0.2) is 52.6 Å².